The van der Waals surface area contributed by atoms with Crippen LogP contribution in [0.3, 0.4) is 0 Å². The highest BCUT2D eigenvalue weighted by molar-refractivity contribution is 7.10. The highest BCUT2D eigenvalue weighted by Gasteiger charge is 2.18. The first-order chi connectivity index (χ1) is 8.61. The fourth-order valence-electron chi connectivity index (χ4n) is 2.21. The van der Waals surface area contributed by atoms with E-state index in [1.165, 1.54) is 16.0 Å². The maximum Gasteiger partial charge on any atom is 0.0644 e. The summed E-state index contributed by atoms with van der Waals surface area (Å²) < 4.78 is 1.89. The van der Waals surface area contributed by atoms with E-state index in [0.717, 1.165) is 18.7 Å². The molecular weight excluding hydrogens is 242 g/mol. The number of aromatic nitrogens is 2. The molecule has 0 aromatic carbocycles. The van der Waals surface area contributed by atoms with Crippen LogP contribution in [-0.2, 0) is 7.05 Å². The lowest BCUT2D eigenvalue weighted by Gasteiger charge is -2.17. The zero-order valence-corrected chi connectivity index (χ0v) is 12.3. The summed E-state index contributed by atoms with van der Waals surface area (Å²) in [5.41, 5.74) is 3.74. The summed E-state index contributed by atoms with van der Waals surface area (Å²) in [6.45, 7) is 7.45. The van der Waals surface area contributed by atoms with Crippen molar-refractivity contribution in [2.45, 2.75) is 33.2 Å². The van der Waals surface area contributed by atoms with Crippen molar-refractivity contribution in [3.8, 4) is 0 Å². The van der Waals surface area contributed by atoms with Crippen molar-refractivity contribution in [2.75, 3.05) is 6.54 Å². The molecule has 2 rings (SSSR count). The predicted octanol–water partition coefficient (Wildman–Crippen LogP) is 3.19. The standard InChI is InChI=1S/C14H21N3S/c1-5-6-15-14(12-7-10(2)18-9-12)13-8-17(4)16-11(13)3/h7-9,14-15H,5-6H2,1-4H3. The molecule has 0 saturated carbocycles. The number of hydrogen-bond acceptors (Lipinski definition) is 3. The average Bonchev–Trinajstić information content (AvgIpc) is 2.87. The van der Waals surface area contributed by atoms with Crippen LogP contribution in [0, 0.1) is 13.8 Å². The van der Waals surface area contributed by atoms with Crippen LogP contribution in [0.2, 0.25) is 0 Å². The Morgan fingerprint density at radius 2 is 2.22 bits per heavy atom. The summed E-state index contributed by atoms with van der Waals surface area (Å²) in [6.07, 6.45) is 3.26. The van der Waals surface area contributed by atoms with Crippen LogP contribution >= 0.6 is 11.3 Å². The molecule has 1 atom stereocenters. The first kappa shape index (κ1) is 13.3. The number of thiophene rings is 1. The third kappa shape index (κ3) is 2.82. The van der Waals surface area contributed by atoms with E-state index in [1.54, 1.807) is 11.3 Å². The minimum atomic E-state index is 0.267. The average molecular weight is 263 g/mol. The van der Waals surface area contributed by atoms with E-state index in [4.69, 9.17) is 0 Å². The van der Waals surface area contributed by atoms with E-state index in [1.807, 2.05) is 11.7 Å². The monoisotopic (exact) mass is 263 g/mol. The third-order valence-electron chi connectivity index (χ3n) is 3.05. The van der Waals surface area contributed by atoms with Crippen molar-refractivity contribution in [3.05, 3.63) is 39.3 Å². The second kappa shape index (κ2) is 5.67. The predicted molar refractivity (Wildman–Crippen MR) is 77.1 cm³/mol. The topological polar surface area (TPSA) is 29.9 Å². The van der Waals surface area contributed by atoms with Gasteiger partial charge in [0, 0.05) is 23.7 Å². The highest BCUT2D eigenvalue weighted by Crippen LogP contribution is 2.27. The van der Waals surface area contributed by atoms with Crippen molar-refractivity contribution >= 4 is 11.3 Å². The van der Waals surface area contributed by atoms with E-state index in [2.05, 4.69) is 48.8 Å². The van der Waals surface area contributed by atoms with E-state index in [-0.39, 0.29) is 6.04 Å². The van der Waals surface area contributed by atoms with Gasteiger partial charge in [-0.25, -0.2) is 0 Å². The zero-order valence-electron chi connectivity index (χ0n) is 11.5. The molecule has 0 saturated heterocycles. The van der Waals surface area contributed by atoms with Gasteiger partial charge in [0.15, 0.2) is 0 Å². The number of nitrogens with zero attached hydrogens (tertiary/aromatic N) is 2. The molecule has 0 amide bonds. The lowest BCUT2D eigenvalue weighted by atomic mass is 10.0. The molecule has 0 spiro atoms. The van der Waals surface area contributed by atoms with Crippen LogP contribution in [0.4, 0.5) is 0 Å². The van der Waals surface area contributed by atoms with Crippen LogP contribution < -0.4 is 5.32 Å². The van der Waals surface area contributed by atoms with Gasteiger partial charge < -0.3 is 5.32 Å². The molecule has 4 heteroatoms. The fraction of sp³-hybridized carbons (Fsp3) is 0.500. The minimum Gasteiger partial charge on any atom is -0.306 e. The quantitative estimate of drug-likeness (QED) is 0.898. The Kier molecular flexibility index (Phi) is 4.19. The first-order valence-electron chi connectivity index (χ1n) is 6.40. The summed E-state index contributed by atoms with van der Waals surface area (Å²) in [7, 11) is 1.98. The smallest absolute Gasteiger partial charge is 0.0644 e. The van der Waals surface area contributed by atoms with Crippen molar-refractivity contribution in [3.63, 3.8) is 0 Å². The van der Waals surface area contributed by atoms with Crippen molar-refractivity contribution in [2.24, 2.45) is 7.05 Å². The van der Waals surface area contributed by atoms with Crippen LogP contribution in [0.15, 0.2) is 17.6 Å². The molecule has 0 radical (unpaired) electrons. The molecular formula is C14H21N3S. The molecule has 2 heterocycles. The number of nitrogens with one attached hydrogen (secondary N) is 1. The van der Waals surface area contributed by atoms with Crippen LogP contribution in [0.25, 0.3) is 0 Å². The lowest BCUT2D eigenvalue weighted by Crippen LogP contribution is -2.23. The molecule has 1 N–H and O–H groups in total. The normalized spacial score (nSPS) is 12.9. The van der Waals surface area contributed by atoms with E-state index in [9.17, 15) is 0 Å². The summed E-state index contributed by atoms with van der Waals surface area (Å²) in [6, 6.07) is 2.54. The number of hydrogen-bond donors (Lipinski definition) is 1. The Hall–Kier alpha value is -1.13. The van der Waals surface area contributed by atoms with Crippen molar-refractivity contribution < 1.29 is 0 Å². The summed E-state index contributed by atoms with van der Waals surface area (Å²) in [5, 5.41) is 10.3. The van der Waals surface area contributed by atoms with Gasteiger partial charge in [0.2, 0.25) is 0 Å². The molecule has 0 fully saturated rings. The minimum absolute atomic E-state index is 0.267. The maximum atomic E-state index is 4.45. The highest BCUT2D eigenvalue weighted by atomic mass is 32.1. The second-order valence-electron chi connectivity index (χ2n) is 4.72. The molecule has 0 aliphatic carbocycles. The zero-order chi connectivity index (χ0) is 13.1. The molecule has 0 bridgehead atoms. The molecule has 0 aliphatic rings. The molecule has 1 unspecified atom stereocenters. The van der Waals surface area contributed by atoms with Gasteiger partial charge in [-0.3, -0.25) is 4.68 Å². The van der Waals surface area contributed by atoms with E-state index >= 15 is 0 Å². The molecule has 3 nitrogen and oxygen atoms in total. The molecule has 2 aromatic heterocycles. The Labute approximate surface area is 113 Å². The summed E-state index contributed by atoms with van der Waals surface area (Å²) in [5.74, 6) is 0. The van der Waals surface area contributed by atoms with Gasteiger partial charge in [0.1, 0.15) is 0 Å². The largest absolute Gasteiger partial charge is 0.306 e. The summed E-state index contributed by atoms with van der Waals surface area (Å²) in [4.78, 5) is 1.36. The van der Waals surface area contributed by atoms with Crippen LogP contribution in [0.5, 0.6) is 0 Å². The Bertz CT molecular complexity index is 513. The third-order valence-corrected chi connectivity index (χ3v) is 3.92. The van der Waals surface area contributed by atoms with Gasteiger partial charge in [-0.15, -0.1) is 11.3 Å². The number of aryl methyl sites for hydroxylation is 3. The maximum absolute atomic E-state index is 4.45. The van der Waals surface area contributed by atoms with Crippen molar-refractivity contribution in [1.29, 1.82) is 0 Å². The lowest BCUT2D eigenvalue weighted by molar-refractivity contribution is 0.597. The van der Waals surface area contributed by atoms with Crippen LogP contribution in [-0.4, -0.2) is 16.3 Å². The van der Waals surface area contributed by atoms with Gasteiger partial charge in [0.05, 0.1) is 11.7 Å². The molecule has 18 heavy (non-hydrogen) atoms. The number of rotatable bonds is 5. The Morgan fingerprint density at radius 3 is 2.72 bits per heavy atom. The first-order valence-corrected chi connectivity index (χ1v) is 7.28. The Morgan fingerprint density at radius 1 is 1.44 bits per heavy atom. The molecule has 98 valence electrons. The van der Waals surface area contributed by atoms with Crippen LogP contribution in [0.1, 0.15) is 41.1 Å². The van der Waals surface area contributed by atoms with Gasteiger partial charge in [0.25, 0.3) is 0 Å². The Balaban J connectivity index is 2.33. The van der Waals surface area contributed by atoms with E-state index in [0.29, 0.717) is 0 Å². The SMILES string of the molecule is CCCNC(c1csc(C)c1)c1cn(C)nc1C. The summed E-state index contributed by atoms with van der Waals surface area (Å²) >= 11 is 1.81. The van der Waals surface area contributed by atoms with Gasteiger partial charge in [-0.1, -0.05) is 6.92 Å². The molecule has 0 aliphatic heterocycles. The second-order valence-corrected chi connectivity index (χ2v) is 5.84. The van der Waals surface area contributed by atoms with Crippen molar-refractivity contribution in [1.82, 2.24) is 15.1 Å². The van der Waals surface area contributed by atoms with Gasteiger partial charge >= 0.3 is 0 Å². The molecule has 2 aromatic rings. The fourth-order valence-corrected chi connectivity index (χ4v) is 2.94. The van der Waals surface area contributed by atoms with E-state index < -0.39 is 0 Å². The van der Waals surface area contributed by atoms with Gasteiger partial charge in [-0.2, -0.15) is 5.10 Å². The van der Waals surface area contributed by atoms with Gasteiger partial charge in [-0.05, 0) is 43.8 Å².